The van der Waals surface area contributed by atoms with Crippen LogP contribution in [0.2, 0.25) is 0 Å². The molecule has 0 spiro atoms. The molecule has 3 N–H and O–H groups in total. The van der Waals surface area contributed by atoms with Gasteiger partial charge >= 0.3 is 29.8 Å². The molecule has 148 heavy (non-hydrogen) atoms. The largest absolute Gasteiger partial charge is 0.459 e. The Labute approximate surface area is 914 Å². The number of aliphatic hydroxyl groups excluding tert-OH is 3. The number of ether oxygens (including phenoxy) is 8. The molecule has 2 rings (SSSR count). The predicted molar refractivity (Wildman–Crippen MR) is 623 cm³/mol. The van der Waals surface area contributed by atoms with Crippen LogP contribution in [0.15, 0.2) is 46.6 Å². The molecule has 0 bridgehead atoms. The minimum absolute atomic E-state index is 0.00123. The van der Waals surface area contributed by atoms with E-state index in [4.69, 9.17) is 37.9 Å². The SMILES string of the molecule is CCCCCCCCCCCCCCCCCC[C@H](C)C[C@H](C)/C=C(\C)C(=O)OCC1O[C@H](O[C@H]2OC(CO)[C@@H](OC(=O)/C(C)=C/[C@@H](C)C[C@@H](C)CCCCCCCCCCCCCCCC)C(O)[C@@H]2OC(=O)/C(C)=C/[C@@H](C)C[C@@H](C)CCCCCCCCCCCCCCCC)[C@H](OC(=O)CCCCCCCCCCCCCCC)C(OC(=O)/C(C)=C/[C@@H](C)C[C@@H](C)CCCCCCCCCCCCCCCCCC)[C@@H]1O. The molecule has 2 heterocycles. The first kappa shape index (κ1) is 140. The first-order chi connectivity index (χ1) is 71.7. The Morgan fingerprint density at radius 2 is 0.459 bits per heavy atom. The van der Waals surface area contributed by atoms with E-state index in [1.807, 2.05) is 24.3 Å². The third-order valence-electron chi connectivity index (χ3n) is 32.3. The zero-order valence-corrected chi connectivity index (χ0v) is 100. The third-order valence-corrected chi connectivity index (χ3v) is 32.3. The summed E-state index contributed by atoms with van der Waals surface area (Å²) < 4.78 is 52.3. The molecule has 16 nitrogen and oxygen atoms in total. The molecule has 0 amide bonds. The normalized spacial score (nSPS) is 20.2. The van der Waals surface area contributed by atoms with Crippen LogP contribution in [0.1, 0.15) is 644 Å². The van der Waals surface area contributed by atoms with E-state index in [-0.39, 0.29) is 41.2 Å². The molecule has 2 saturated heterocycles. The maximum absolute atomic E-state index is 15.1. The van der Waals surface area contributed by atoms with Crippen LogP contribution in [0, 0.1) is 47.3 Å². The average molecular weight is 2090 g/mol. The molecule has 868 valence electrons. The highest BCUT2D eigenvalue weighted by atomic mass is 16.8. The van der Waals surface area contributed by atoms with Crippen molar-refractivity contribution in [2.45, 2.75) is 706 Å². The number of hydrogen-bond donors (Lipinski definition) is 3. The summed E-state index contributed by atoms with van der Waals surface area (Å²) in [6.45, 7) is 34.2. The molecule has 0 aromatic carbocycles. The number of esters is 5. The quantitative estimate of drug-likeness (QED) is 0.0223. The molecule has 0 aromatic rings. The van der Waals surface area contributed by atoms with Crippen molar-refractivity contribution in [3.05, 3.63) is 46.6 Å². The lowest BCUT2D eigenvalue weighted by Crippen LogP contribution is -2.66. The van der Waals surface area contributed by atoms with Gasteiger partial charge in [0.05, 0.1) is 6.61 Å². The van der Waals surface area contributed by atoms with Gasteiger partial charge in [0.2, 0.25) is 12.6 Å². The Bertz CT molecular complexity index is 3230. The van der Waals surface area contributed by atoms with E-state index >= 15 is 9.59 Å². The second kappa shape index (κ2) is 96.4. The first-order valence-corrected chi connectivity index (χ1v) is 64.4. The molecule has 0 saturated carbocycles. The van der Waals surface area contributed by atoms with Crippen molar-refractivity contribution < 1.29 is 77.2 Å². The Morgan fingerprint density at radius 3 is 0.709 bits per heavy atom. The molecular weight excluding hydrogens is 1840 g/mol. The Hall–Kier alpha value is -3.93. The van der Waals surface area contributed by atoms with E-state index in [1.165, 1.54) is 411 Å². The summed E-state index contributed by atoms with van der Waals surface area (Å²) in [7, 11) is 0. The van der Waals surface area contributed by atoms with E-state index in [1.54, 1.807) is 27.7 Å². The monoisotopic (exact) mass is 2090 g/mol. The van der Waals surface area contributed by atoms with Gasteiger partial charge < -0.3 is 53.2 Å². The minimum atomic E-state index is -1.92. The van der Waals surface area contributed by atoms with Gasteiger partial charge in [0.25, 0.3) is 0 Å². The minimum Gasteiger partial charge on any atom is -0.459 e. The standard InChI is InChI=1S/C132H244O16/c1-18-23-28-33-38-43-48-53-57-59-64-68-73-76-81-86-91-106(6)96-110(10)100-114(14)127(137)141-105-119-121(135)124(146-129(139)116(16)102-112(12)98-108(8)93-88-83-79-74-69-65-60-58-54-49-44-39-34-29-24-19-2)126(144-120(134)95-90-85-80-75-70-61-52-47-42-37-32-27-22-5)132(143-119)148-131-125(147-130(140)117(17)103-113(13)99-109(9)94-89-84-78-72-67-63-56-51-46-41-36-31-26-21-4)122(136)123(118(104-133)142-131)145-128(138)115(15)101-111(11)97-107(7)92-87-82-77-71-66-62-55-50-45-40-35-30-25-20-3/h100-103,106-113,118-119,121-126,131-133,135-136H,18-99,104-105H2,1-17H3/b114-100+,115-101+,116-102+,117-103+/t106-,107-,108-,109-,110-,111-,112-,113-,118?,119?,121+,122?,123+,124?,125-,126+,131+,132+/m0/s1. The molecule has 4 unspecified atom stereocenters. The second-order valence-corrected chi connectivity index (χ2v) is 48.2. The summed E-state index contributed by atoms with van der Waals surface area (Å²) >= 11 is 0. The van der Waals surface area contributed by atoms with Gasteiger partial charge in [-0.25, -0.2) is 19.2 Å². The molecule has 16 heteroatoms. The molecule has 2 aliphatic rings. The summed E-state index contributed by atoms with van der Waals surface area (Å²) in [6, 6.07) is 0. The highest BCUT2D eigenvalue weighted by molar-refractivity contribution is 5.89. The summed E-state index contributed by atoms with van der Waals surface area (Å²) in [4.78, 5) is 74.1. The van der Waals surface area contributed by atoms with Gasteiger partial charge in [-0.05, 0) is 107 Å². The van der Waals surface area contributed by atoms with Crippen LogP contribution >= 0.6 is 0 Å². The van der Waals surface area contributed by atoms with E-state index in [9.17, 15) is 29.7 Å². The van der Waals surface area contributed by atoms with Crippen LogP contribution in [0.4, 0.5) is 0 Å². The average Bonchev–Trinajstić information content (AvgIpc) is 0.768. The van der Waals surface area contributed by atoms with Crippen LogP contribution in [0.5, 0.6) is 0 Å². The Morgan fingerprint density at radius 1 is 0.250 bits per heavy atom. The van der Waals surface area contributed by atoms with E-state index < -0.39 is 104 Å². The van der Waals surface area contributed by atoms with Crippen LogP contribution in [0.25, 0.3) is 0 Å². The van der Waals surface area contributed by atoms with Crippen molar-refractivity contribution in [2.75, 3.05) is 13.2 Å². The highest BCUT2D eigenvalue weighted by Crippen LogP contribution is 2.37. The lowest BCUT2D eigenvalue weighted by atomic mass is 9.91. The van der Waals surface area contributed by atoms with Crippen molar-refractivity contribution in [3.63, 3.8) is 0 Å². The van der Waals surface area contributed by atoms with Crippen LogP contribution in [0.3, 0.4) is 0 Å². The highest BCUT2D eigenvalue weighted by Gasteiger charge is 2.56. The number of unbranched alkanes of at least 4 members (excludes halogenated alkanes) is 68. The van der Waals surface area contributed by atoms with E-state index in [2.05, 4.69) is 90.0 Å². The zero-order chi connectivity index (χ0) is 108. The number of carbonyl (C=O) groups is 5. The van der Waals surface area contributed by atoms with Gasteiger partial charge in [-0.1, -0.05) is 602 Å². The summed E-state index contributed by atoms with van der Waals surface area (Å²) in [5.74, 6) is -2.17. The first-order valence-electron chi connectivity index (χ1n) is 64.4. The fourth-order valence-corrected chi connectivity index (χ4v) is 23.1. The van der Waals surface area contributed by atoms with Gasteiger partial charge in [0.1, 0.15) is 31.0 Å². The van der Waals surface area contributed by atoms with Gasteiger partial charge in [-0.15, -0.1) is 0 Å². The number of rotatable bonds is 103. The number of allylic oxidation sites excluding steroid dienone is 4. The van der Waals surface area contributed by atoms with Crippen molar-refractivity contribution in [2.24, 2.45) is 47.3 Å². The van der Waals surface area contributed by atoms with Crippen LogP contribution in [-0.2, 0) is 61.9 Å². The van der Waals surface area contributed by atoms with E-state index in [0.29, 0.717) is 41.2 Å². The topological polar surface area (TPSA) is 220 Å². The van der Waals surface area contributed by atoms with Crippen molar-refractivity contribution >= 4 is 29.8 Å². The third kappa shape index (κ3) is 75.1. The Kier molecular flexibility index (Phi) is 91.3. The lowest BCUT2D eigenvalue weighted by molar-refractivity contribution is -0.377. The molecule has 0 aliphatic carbocycles. The molecular formula is C132H244O16. The number of hydrogen-bond acceptors (Lipinski definition) is 16. The second-order valence-electron chi connectivity index (χ2n) is 48.2. The lowest BCUT2D eigenvalue weighted by Gasteiger charge is -2.47. The Balaban J connectivity index is 2.70. The van der Waals surface area contributed by atoms with Crippen molar-refractivity contribution in [3.8, 4) is 0 Å². The fraction of sp³-hybridized carbons (Fsp3) is 0.902. The van der Waals surface area contributed by atoms with Gasteiger partial charge in [-0.3, -0.25) is 4.79 Å². The smallest absolute Gasteiger partial charge is 0.333 e. The number of carbonyl (C=O) groups excluding carboxylic acids is 5. The van der Waals surface area contributed by atoms with E-state index in [0.717, 1.165) is 103 Å². The molecule has 0 radical (unpaired) electrons. The molecule has 18 atom stereocenters. The summed E-state index contributed by atoms with van der Waals surface area (Å²) in [5.41, 5.74) is 1.18. The van der Waals surface area contributed by atoms with Crippen LogP contribution in [-0.4, -0.2) is 120 Å². The van der Waals surface area contributed by atoms with Crippen LogP contribution < -0.4 is 0 Å². The zero-order valence-electron chi connectivity index (χ0n) is 100. The maximum Gasteiger partial charge on any atom is 0.333 e. The molecule has 2 fully saturated rings. The summed E-state index contributed by atoms with van der Waals surface area (Å²) in [6.07, 6.45) is 90.9. The van der Waals surface area contributed by atoms with Crippen molar-refractivity contribution in [1.29, 1.82) is 0 Å². The van der Waals surface area contributed by atoms with Gasteiger partial charge in [0, 0.05) is 28.7 Å². The van der Waals surface area contributed by atoms with Crippen molar-refractivity contribution in [1.82, 2.24) is 0 Å². The van der Waals surface area contributed by atoms with Gasteiger partial charge in [-0.2, -0.15) is 0 Å². The predicted octanol–water partition coefficient (Wildman–Crippen LogP) is 38.3. The summed E-state index contributed by atoms with van der Waals surface area (Å²) in [5, 5.41) is 37.5. The maximum atomic E-state index is 15.1. The van der Waals surface area contributed by atoms with Gasteiger partial charge in [0.15, 0.2) is 24.4 Å². The molecule has 0 aromatic heterocycles. The fourth-order valence-electron chi connectivity index (χ4n) is 23.1. The number of aliphatic hydroxyl groups is 3. The molecule has 2 aliphatic heterocycles.